The van der Waals surface area contributed by atoms with Gasteiger partial charge >= 0.3 is 0 Å². The fraction of sp³-hybridized carbons (Fsp3) is 0. The first-order chi connectivity index (χ1) is 14.8. The van der Waals surface area contributed by atoms with Gasteiger partial charge in [0.25, 0.3) is 0 Å². The van der Waals surface area contributed by atoms with Crippen molar-refractivity contribution in [1.29, 1.82) is 0 Å². The van der Waals surface area contributed by atoms with Crippen LogP contribution in [0.4, 0.5) is 4.39 Å². The van der Waals surface area contributed by atoms with Crippen molar-refractivity contribution < 1.29 is 4.39 Å². The predicted molar refractivity (Wildman–Crippen MR) is 115 cm³/mol. The molecule has 0 bridgehead atoms. The van der Waals surface area contributed by atoms with E-state index in [0.29, 0.717) is 0 Å². The van der Waals surface area contributed by atoms with Crippen molar-refractivity contribution in [1.82, 2.24) is 30.1 Å². The molecule has 0 amide bonds. The topological polar surface area (TPSA) is 83.1 Å². The normalized spacial score (nSPS) is 11.5. The van der Waals surface area contributed by atoms with Crippen LogP contribution in [-0.2, 0) is 0 Å². The molecule has 5 aromatic heterocycles. The summed E-state index contributed by atoms with van der Waals surface area (Å²) in [6.45, 7) is 0. The van der Waals surface area contributed by atoms with E-state index < -0.39 is 0 Å². The first kappa shape index (κ1) is 17.0. The van der Waals surface area contributed by atoms with Crippen molar-refractivity contribution in [3.05, 3.63) is 72.5 Å². The first-order valence-electron chi connectivity index (χ1n) is 9.23. The molecule has 0 spiro atoms. The first-order valence-corrected chi connectivity index (χ1v) is 10.1. The van der Waals surface area contributed by atoms with Gasteiger partial charge in [-0.1, -0.05) is 6.07 Å². The Labute approximate surface area is 173 Å². The molecular formula is C22H13FN6S. The Morgan fingerprint density at radius 1 is 0.900 bits per heavy atom. The van der Waals surface area contributed by atoms with Gasteiger partial charge in [-0.2, -0.15) is 9.49 Å². The number of rotatable bonds is 3. The molecule has 1 aromatic carbocycles. The van der Waals surface area contributed by atoms with Gasteiger partial charge in [-0.05, 0) is 42.0 Å². The lowest BCUT2D eigenvalue weighted by Crippen LogP contribution is -1.83. The number of aromatic nitrogens is 6. The summed E-state index contributed by atoms with van der Waals surface area (Å²) >= 11 is 1.12. The molecule has 0 saturated heterocycles. The molecule has 0 radical (unpaired) electrons. The lowest BCUT2D eigenvalue weighted by Gasteiger charge is -2.01. The third-order valence-corrected chi connectivity index (χ3v) is 5.99. The second-order valence-corrected chi connectivity index (χ2v) is 7.90. The maximum absolute atomic E-state index is 13.6. The van der Waals surface area contributed by atoms with Gasteiger partial charge in [-0.3, -0.25) is 5.10 Å². The Kier molecular flexibility index (Phi) is 3.72. The standard InChI is InChI=1S/C22H13FN6S/c23-20-4-3-19(30-20)14-5-6-26-22-15(14)8-18(27-22)21-16-7-12(1-2-17(16)28-29-21)13-9-24-11-25-10-13/h1-11H,(H,26,27)(H,28,29). The molecule has 6 nitrogen and oxygen atoms in total. The van der Waals surface area contributed by atoms with Gasteiger partial charge in [0.15, 0.2) is 5.13 Å². The highest BCUT2D eigenvalue weighted by molar-refractivity contribution is 7.14. The largest absolute Gasteiger partial charge is 0.338 e. The number of hydrogen-bond donors (Lipinski definition) is 2. The van der Waals surface area contributed by atoms with E-state index in [-0.39, 0.29) is 5.13 Å². The zero-order valence-electron chi connectivity index (χ0n) is 15.4. The fourth-order valence-electron chi connectivity index (χ4n) is 3.68. The highest BCUT2D eigenvalue weighted by atomic mass is 32.1. The molecule has 0 fully saturated rings. The van der Waals surface area contributed by atoms with Crippen molar-refractivity contribution >= 4 is 33.3 Å². The number of H-pyrrole nitrogens is 2. The van der Waals surface area contributed by atoms with Gasteiger partial charge in [0.2, 0.25) is 0 Å². The van der Waals surface area contributed by atoms with E-state index in [0.717, 1.165) is 66.2 Å². The van der Waals surface area contributed by atoms with Crippen molar-refractivity contribution in [3.63, 3.8) is 0 Å². The molecular weight excluding hydrogens is 399 g/mol. The van der Waals surface area contributed by atoms with Crippen LogP contribution < -0.4 is 0 Å². The molecule has 8 heteroatoms. The molecule has 0 aliphatic rings. The summed E-state index contributed by atoms with van der Waals surface area (Å²) in [5.74, 6) is 0. The zero-order chi connectivity index (χ0) is 20.1. The monoisotopic (exact) mass is 412 g/mol. The molecule has 0 aliphatic carbocycles. The number of nitrogens with one attached hydrogen (secondary N) is 2. The van der Waals surface area contributed by atoms with Gasteiger partial charge in [0.1, 0.15) is 17.7 Å². The highest BCUT2D eigenvalue weighted by Gasteiger charge is 2.15. The van der Waals surface area contributed by atoms with Crippen LogP contribution in [-0.4, -0.2) is 30.1 Å². The number of thiophene rings is 1. The maximum Gasteiger partial charge on any atom is 0.176 e. The predicted octanol–water partition coefficient (Wildman–Crippen LogP) is 5.43. The molecule has 144 valence electrons. The molecule has 2 N–H and O–H groups in total. The molecule has 0 atom stereocenters. The molecule has 0 unspecified atom stereocenters. The van der Waals surface area contributed by atoms with Crippen LogP contribution in [0.5, 0.6) is 0 Å². The molecule has 6 aromatic rings. The summed E-state index contributed by atoms with van der Waals surface area (Å²) in [4.78, 5) is 16.9. The third kappa shape index (κ3) is 2.69. The van der Waals surface area contributed by atoms with E-state index >= 15 is 0 Å². The third-order valence-electron chi connectivity index (χ3n) is 5.08. The summed E-state index contributed by atoms with van der Waals surface area (Å²) in [6.07, 6.45) is 6.81. The Hall–Kier alpha value is -3.91. The van der Waals surface area contributed by atoms with Gasteiger partial charge in [-0.15, -0.1) is 11.3 Å². The average Bonchev–Trinajstić information content (AvgIpc) is 3.51. The SMILES string of the molecule is Fc1ccc(-c2ccnc3[nH]c(-c4n[nH]c5ccc(-c6cncnc6)cc45)cc23)s1. The smallest absolute Gasteiger partial charge is 0.176 e. The lowest BCUT2D eigenvalue weighted by atomic mass is 10.0. The van der Waals surface area contributed by atoms with Crippen LogP contribution in [0.1, 0.15) is 0 Å². The average molecular weight is 412 g/mol. The van der Waals surface area contributed by atoms with Crippen LogP contribution in [0.25, 0.3) is 54.9 Å². The highest BCUT2D eigenvalue weighted by Crippen LogP contribution is 2.36. The Morgan fingerprint density at radius 2 is 1.80 bits per heavy atom. The summed E-state index contributed by atoms with van der Waals surface area (Å²) < 4.78 is 13.6. The van der Waals surface area contributed by atoms with Gasteiger partial charge in [0.05, 0.1) is 11.2 Å². The van der Waals surface area contributed by atoms with Crippen molar-refractivity contribution in [2.45, 2.75) is 0 Å². The van der Waals surface area contributed by atoms with E-state index in [2.05, 4.69) is 36.2 Å². The van der Waals surface area contributed by atoms with Crippen molar-refractivity contribution in [2.24, 2.45) is 0 Å². The number of nitrogens with zero attached hydrogens (tertiary/aromatic N) is 4. The van der Waals surface area contributed by atoms with Gasteiger partial charge in [-0.25, -0.2) is 15.0 Å². The summed E-state index contributed by atoms with van der Waals surface area (Å²) in [6, 6.07) is 13.3. The Morgan fingerprint density at radius 3 is 2.63 bits per heavy atom. The molecule has 0 aliphatic heterocycles. The van der Waals surface area contributed by atoms with Crippen molar-refractivity contribution in [3.8, 4) is 33.0 Å². The minimum atomic E-state index is -0.207. The zero-order valence-corrected chi connectivity index (χ0v) is 16.2. The van der Waals surface area contributed by atoms with Crippen LogP contribution in [0.2, 0.25) is 0 Å². The number of hydrogen-bond acceptors (Lipinski definition) is 5. The second-order valence-electron chi connectivity index (χ2n) is 6.87. The van der Waals surface area contributed by atoms with E-state index in [1.54, 1.807) is 24.7 Å². The van der Waals surface area contributed by atoms with Crippen molar-refractivity contribution in [2.75, 3.05) is 0 Å². The van der Waals surface area contributed by atoms with E-state index in [1.807, 2.05) is 24.3 Å². The van der Waals surface area contributed by atoms with Gasteiger partial charge < -0.3 is 4.98 Å². The molecule has 6 rings (SSSR count). The Bertz CT molecular complexity index is 1520. The van der Waals surface area contributed by atoms with E-state index in [9.17, 15) is 4.39 Å². The van der Waals surface area contributed by atoms with E-state index in [1.165, 1.54) is 12.4 Å². The van der Waals surface area contributed by atoms with E-state index in [4.69, 9.17) is 0 Å². The molecule has 0 saturated carbocycles. The van der Waals surface area contributed by atoms with Crippen LogP contribution in [0, 0.1) is 5.13 Å². The quantitative estimate of drug-likeness (QED) is 0.406. The number of halogens is 1. The van der Waals surface area contributed by atoms with Crippen LogP contribution in [0.3, 0.4) is 0 Å². The minimum absolute atomic E-state index is 0.207. The van der Waals surface area contributed by atoms with Gasteiger partial charge in [0, 0.05) is 45.4 Å². The fourth-order valence-corrected chi connectivity index (χ4v) is 4.45. The number of fused-ring (bicyclic) bond motifs is 2. The summed E-state index contributed by atoms with van der Waals surface area (Å²) in [5.41, 5.74) is 6.19. The minimum Gasteiger partial charge on any atom is -0.338 e. The lowest BCUT2D eigenvalue weighted by molar-refractivity contribution is 0.657. The number of benzene rings is 1. The number of aromatic amines is 2. The van der Waals surface area contributed by atoms with Crippen LogP contribution >= 0.6 is 11.3 Å². The maximum atomic E-state index is 13.6. The number of pyridine rings is 1. The van der Waals surface area contributed by atoms with Crippen LogP contribution in [0.15, 0.2) is 67.4 Å². The Balaban J connectivity index is 1.52. The summed E-state index contributed by atoms with van der Waals surface area (Å²) in [7, 11) is 0. The second kappa shape index (κ2) is 6.57. The summed E-state index contributed by atoms with van der Waals surface area (Å²) in [5, 5.41) is 9.32. The molecule has 30 heavy (non-hydrogen) atoms. The molecule has 5 heterocycles.